The second-order valence-electron chi connectivity index (χ2n) is 6.65. The van der Waals surface area contributed by atoms with Gasteiger partial charge in [0.25, 0.3) is 15.9 Å². The molecule has 0 saturated heterocycles. The molecule has 0 saturated carbocycles. The quantitative estimate of drug-likeness (QED) is 0.562. The minimum absolute atomic E-state index is 0.0383. The van der Waals surface area contributed by atoms with Crippen molar-refractivity contribution < 1.29 is 22.7 Å². The van der Waals surface area contributed by atoms with Gasteiger partial charge in [0.2, 0.25) is 0 Å². The molecule has 0 radical (unpaired) electrons. The first-order valence-corrected chi connectivity index (χ1v) is 10.9. The summed E-state index contributed by atoms with van der Waals surface area (Å²) in [4.78, 5) is 12.4. The number of nitriles is 1. The Morgan fingerprint density at radius 2 is 1.78 bits per heavy atom. The summed E-state index contributed by atoms with van der Waals surface area (Å²) in [6.45, 7) is -0.330. The number of methoxy groups -OCH3 is 1. The van der Waals surface area contributed by atoms with E-state index in [-0.39, 0.29) is 11.5 Å². The third-order valence-corrected chi connectivity index (χ3v) is 6.33. The standard InChI is InChI=1S/C23H21N3O5S/c1-26(19-8-4-3-5-9-19)32(28,29)20-10-6-7-18(14-20)25-23(27)16-31-21-12-11-17(15-24)13-22(21)30-2/h3-14H,16H2,1-2H3,(H,25,27). The summed E-state index contributed by atoms with van der Waals surface area (Å²) in [7, 11) is -0.914. The van der Waals surface area contributed by atoms with E-state index >= 15 is 0 Å². The lowest BCUT2D eigenvalue weighted by Crippen LogP contribution is -2.26. The van der Waals surface area contributed by atoms with Crippen LogP contribution in [0.15, 0.2) is 77.7 Å². The summed E-state index contributed by atoms with van der Waals surface area (Å²) in [6.07, 6.45) is 0. The Balaban J connectivity index is 1.70. The first-order valence-electron chi connectivity index (χ1n) is 9.50. The van der Waals surface area contributed by atoms with E-state index in [1.165, 1.54) is 42.7 Å². The van der Waals surface area contributed by atoms with Crippen LogP contribution in [-0.4, -0.2) is 35.1 Å². The van der Waals surface area contributed by atoms with E-state index in [1.807, 2.05) is 6.07 Å². The smallest absolute Gasteiger partial charge is 0.264 e. The van der Waals surface area contributed by atoms with Crippen molar-refractivity contribution in [2.75, 3.05) is 30.4 Å². The number of ether oxygens (including phenoxy) is 2. The number of para-hydroxylation sites is 1. The summed E-state index contributed by atoms with van der Waals surface area (Å²) in [6, 6.07) is 21.3. The number of nitrogens with zero attached hydrogens (tertiary/aromatic N) is 2. The predicted molar refractivity (Wildman–Crippen MR) is 120 cm³/mol. The Hall–Kier alpha value is -4.03. The van der Waals surface area contributed by atoms with Gasteiger partial charge >= 0.3 is 0 Å². The molecule has 0 aromatic heterocycles. The first kappa shape index (κ1) is 22.7. The van der Waals surface area contributed by atoms with Gasteiger partial charge in [0.1, 0.15) is 0 Å². The number of amides is 1. The Morgan fingerprint density at radius 1 is 1.03 bits per heavy atom. The van der Waals surface area contributed by atoms with Crippen LogP contribution in [-0.2, 0) is 14.8 Å². The van der Waals surface area contributed by atoms with Crippen LogP contribution in [0.3, 0.4) is 0 Å². The topological polar surface area (TPSA) is 109 Å². The minimum atomic E-state index is -3.81. The number of nitrogens with one attached hydrogen (secondary N) is 1. The lowest BCUT2D eigenvalue weighted by molar-refractivity contribution is -0.118. The molecule has 3 aromatic carbocycles. The van der Waals surface area contributed by atoms with E-state index < -0.39 is 15.9 Å². The lowest BCUT2D eigenvalue weighted by atomic mass is 10.2. The number of hydrogen-bond donors (Lipinski definition) is 1. The summed E-state index contributed by atoms with van der Waals surface area (Å²) in [5.41, 5.74) is 1.23. The predicted octanol–water partition coefficient (Wildman–Crippen LogP) is 3.41. The lowest BCUT2D eigenvalue weighted by Gasteiger charge is -2.20. The van der Waals surface area contributed by atoms with Crippen molar-refractivity contribution in [3.05, 3.63) is 78.4 Å². The van der Waals surface area contributed by atoms with E-state index in [0.29, 0.717) is 28.4 Å². The number of anilines is 2. The molecular weight excluding hydrogens is 430 g/mol. The number of benzene rings is 3. The highest BCUT2D eigenvalue weighted by atomic mass is 32.2. The van der Waals surface area contributed by atoms with E-state index in [0.717, 1.165) is 0 Å². The van der Waals surface area contributed by atoms with Crippen molar-refractivity contribution in [1.29, 1.82) is 5.26 Å². The van der Waals surface area contributed by atoms with E-state index in [9.17, 15) is 13.2 Å². The molecule has 3 aromatic rings. The van der Waals surface area contributed by atoms with Crippen molar-refractivity contribution in [3.8, 4) is 17.6 Å². The fourth-order valence-electron chi connectivity index (χ4n) is 2.87. The maximum atomic E-state index is 13.0. The average Bonchev–Trinajstić information content (AvgIpc) is 2.82. The van der Waals surface area contributed by atoms with Crippen LogP contribution in [0, 0.1) is 11.3 Å². The van der Waals surface area contributed by atoms with Gasteiger partial charge in [-0.1, -0.05) is 24.3 Å². The molecule has 0 bridgehead atoms. The monoisotopic (exact) mass is 451 g/mol. The van der Waals surface area contributed by atoms with Crippen LogP contribution >= 0.6 is 0 Å². The van der Waals surface area contributed by atoms with Gasteiger partial charge in [0, 0.05) is 18.8 Å². The van der Waals surface area contributed by atoms with Crippen LogP contribution < -0.4 is 19.1 Å². The maximum absolute atomic E-state index is 13.0. The number of hydrogen-bond acceptors (Lipinski definition) is 6. The van der Waals surface area contributed by atoms with Crippen LogP contribution in [0.25, 0.3) is 0 Å². The van der Waals surface area contributed by atoms with Crippen molar-refractivity contribution in [2.45, 2.75) is 4.90 Å². The maximum Gasteiger partial charge on any atom is 0.264 e. The normalized spacial score (nSPS) is 10.7. The molecule has 8 nitrogen and oxygen atoms in total. The Labute approximate surface area is 186 Å². The fourth-order valence-corrected chi connectivity index (χ4v) is 4.11. The Bertz CT molecular complexity index is 1250. The Morgan fingerprint density at radius 3 is 2.47 bits per heavy atom. The van der Waals surface area contributed by atoms with Crippen molar-refractivity contribution in [3.63, 3.8) is 0 Å². The number of sulfonamides is 1. The van der Waals surface area contributed by atoms with Crippen LogP contribution in [0.4, 0.5) is 11.4 Å². The highest BCUT2D eigenvalue weighted by Gasteiger charge is 2.21. The molecule has 164 valence electrons. The van der Waals surface area contributed by atoms with Gasteiger partial charge in [-0.15, -0.1) is 0 Å². The molecule has 0 aliphatic carbocycles. The van der Waals surface area contributed by atoms with Gasteiger partial charge < -0.3 is 14.8 Å². The van der Waals surface area contributed by atoms with Crippen molar-refractivity contribution in [2.24, 2.45) is 0 Å². The SMILES string of the molecule is COc1cc(C#N)ccc1OCC(=O)Nc1cccc(S(=O)(=O)N(C)c2ccccc2)c1. The largest absolute Gasteiger partial charge is 0.493 e. The summed E-state index contributed by atoms with van der Waals surface area (Å²) in [5.74, 6) is 0.152. The molecule has 0 heterocycles. The number of rotatable bonds is 8. The molecule has 32 heavy (non-hydrogen) atoms. The molecule has 3 rings (SSSR count). The van der Waals surface area contributed by atoms with Crippen LogP contribution in [0.1, 0.15) is 5.56 Å². The average molecular weight is 452 g/mol. The molecule has 0 fully saturated rings. The Kier molecular flexibility index (Phi) is 6.97. The molecule has 0 aliphatic heterocycles. The molecule has 0 atom stereocenters. The molecular formula is C23H21N3O5S. The summed E-state index contributed by atoms with van der Waals surface area (Å²) in [5, 5.41) is 11.6. The van der Waals surface area contributed by atoms with Gasteiger partial charge in [-0.3, -0.25) is 9.10 Å². The highest BCUT2D eigenvalue weighted by molar-refractivity contribution is 7.92. The molecule has 1 amide bonds. The number of carbonyl (C=O) groups is 1. The van der Waals surface area contributed by atoms with Gasteiger partial charge in [-0.25, -0.2) is 8.42 Å². The van der Waals surface area contributed by atoms with E-state index in [4.69, 9.17) is 14.7 Å². The molecule has 0 spiro atoms. The van der Waals surface area contributed by atoms with Gasteiger partial charge in [-0.05, 0) is 42.5 Å². The molecule has 9 heteroatoms. The van der Waals surface area contributed by atoms with E-state index in [1.54, 1.807) is 48.5 Å². The second kappa shape index (κ2) is 9.85. The molecule has 0 unspecified atom stereocenters. The zero-order chi connectivity index (χ0) is 23.1. The van der Waals surface area contributed by atoms with Crippen LogP contribution in [0.5, 0.6) is 11.5 Å². The first-order chi connectivity index (χ1) is 15.3. The second-order valence-corrected chi connectivity index (χ2v) is 8.62. The number of carbonyl (C=O) groups excluding carboxylic acids is 1. The van der Waals surface area contributed by atoms with Gasteiger partial charge in [-0.2, -0.15) is 5.26 Å². The third kappa shape index (κ3) is 5.17. The highest BCUT2D eigenvalue weighted by Crippen LogP contribution is 2.28. The minimum Gasteiger partial charge on any atom is -0.493 e. The zero-order valence-corrected chi connectivity index (χ0v) is 18.3. The summed E-state index contributed by atoms with van der Waals surface area (Å²) < 4.78 is 37.7. The zero-order valence-electron chi connectivity index (χ0n) is 17.5. The van der Waals surface area contributed by atoms with Crippen molar-refractivity contribution in [1.82, 2.24) is 0 Å². The summed E-state index contributed by atoms with van der Waals surface area (Å²) >= 11 is 0. The van der Waals surface area contributed by atoms with Gasteiger partial charge in [0.05, 0.1) is 29.3 Å². The fraction of sp³-hybridized carbons (Fsp3) is 0.130. The van der Waals surface area contributed by atoms with Crippen LogP contribution in [0.2, 0.25) is 0 Å². The molecule has 1 N–H and O–H groups in total. The van der Waals surface area contributed by atoms with Gasteiger partial charge in [0.15, 0.2) is 18.1 Å². The van der Waals surface area contributed by atoms with E-state index in [2.05, 4.69) is 5.32 Å². The molecule has 0 aliphatic rings. The third-order valence-electron chi connectivity index (χ3n) is 4.55. The van der Waals surface area contributed by atoms with Crippen molar-refractivity contribution >= 4 is 27.3 Å².